The predicted octanol–water partition coefficient (Wildman–Crippen LogP) is 5.65. The molecule has 2 aliphatic rings. The van der Waals surface area contributed by atoms with E-state index in [-0.39, 0.29) is 24.0 Å². The molecule has 1 N–H and O–H groups in total. The van der Waals surface area contributed by atoms with Gasteiger partial charge in [0.2, 0.25) is 0 Å². The van der Waals surface area contributed by atoms with E-state index in [1.807, 2.05) is 37.3 Å². The molecule has 37 heavy (non-hydrogen) atoms. The summed E-state index contributed by atoms with van der Waals surface area (Å²) in [5.41, 5.74) is 2.15. The van der Waals surface area contributed by atoms with Crippen LogP contribution in [-0.4, -0.2) is 34.4 Å². The Kier molecular flexibility index (Phi) is 6.78. The molecule has 0 bridgehead atoms. The first-order valence-corrected chi connectivity index (χ1v) is 12.7. The summed E-state index contributed by atoms with van der Waals surface area (Å²) in [4.78, 5) is 28.1. The largest absolute Gasteiger partial charge is 0.507 e. The van der Waals surface area contributed by atoms with E-state index in [0.29, 0.717) is 41.6 Å². The lowest BCUT2D eigenvalue weighted by Crippen LogP contribution is -2.29. The Bertz CT molecular complexity index is 1340. The minimum Gasteiger partial charge on any atom is -0.507 e. The summed E-state index contributed by atoms with van der Waals surface area (Å²) < 4.78 is 17.2. The summed E-state index contributed by atoms with van der Waals surface area (Å²) in [6, 6.07) is 15.4. The van der Waals surface area contributed by atoms with E-state index < -0.39 is 17.7 Å². The summed E-state index contributed by atoms with van der Waals surface area (Å²) >= 11 is 0. The standard InChI is InChI=1S/C30H31NO6/c1-18(2)11-13-36-23-7-4-6-20(16-23)27-26(29(33)30(34)31(27)17-24-8-5-12-35-24)28(32)21-9-10-25-22(15-21)14-19(3)37-25/h4-10,12,15-16,18-19,27,32H,11,13-14,17H2,1-3H3/t19-,27-/m1/s1. The Labute approximate surface area is 216 Å². The number of aliphatic hydroxyl groups excluding tert-OH is 1. The summed E-state index contributed by atoms with van der Waals surface area (Å²) in [5, 5.41) is 11.4. The molecule has 0 spiro atoms. The number of Topliss-reactive ketones (excluding diaryl/α,β-unsaturated/α-hetero) is 1. The number of fused-ring (bicyclic) bond motifs is 1. The van der Waals surface area contributed by atoms with Crippen molar-refractivity contribution in [3.63, 3.8) is 0 Å². The van der Waals surface area contributed by atoms with E-state index >= 15 is 0 Å². The Balaban J connectivity index is 1.57. The highest BCUT2D eigenvalue weighted by Crippen LogP contribution is 2.42. The molecule has 1 amide bonds. The van der Waals surface area contributed by atoms with Crippen molar-refractivity contribution < 1.29 is 28.6 Å². The topological polar surface area (TPSA) is 89.2 Å². The minimum absolute atomic E-state index is 0.0443. The predicted molar refractivity (Wildman–Crippen MR) is 138 cm³/mol. The lowest BCUT2D eigenvalue weighted by molar-refractivity contribution is -0.140. The number of ketones is 1. The number of nitrogens with zero attached hydrogens (tertiary/aromatic N) is 1. The third kappa shape index (κ3) is 4.99. The summed E-state index contributed by atoms with van der Waals surface area (Å²) in [6.07, 6.45) is 3.19. The quantitative estimate of drug-likeness (QED) is 0.244. The Morgan fingerprint density at radius 1 is 1.14 bits per heavy atom. The van der Waals surface area contributed by atoms with Crippen molar-refractivity contribution in [2.75, 3.05) is 6.61 Å². The van der Waals surface area contributed by atoms with Gasteiger partial charge in [-0.3, -0.25) is 9.59 Å². The normalized spacial score (nSPS) is 20.4. The molecule has 0 saturated carbocycles. The molecule has 0 aliphatic carbocycles. The molecule has 1 saturated heterocycles. The smallest absolute Gasteiger partial charge is 0.296 e. The third-order valence-electron chi connectivity index (χ3n) is 6.75. The fourth-order valence-corrected chi connectivity index (χ4v) is 4.87. The van der Waals surface area contributed by atoms with E-state index in [1.54, 1.807) is 24.3 Å². The van der Waals surface area contributed by atoms with Gasteiger partial charge in [0.15, 0.2) is 0 Å². The molecular formula is C30H31NO6. The average Bonchev–Trinajstić information content (AvgIpc) is 3.58. The van der Waals surface area contributed by atoms with Crippen molar-refractivity contribution >= 4 is 17.4 Å². The Morgan fingerprint density at radius 3 is 2.73 bits per heavy atom. The van der Waals surface area contributed by atoms with Crippen LogP contribution in [0.1, 0.15) is 55.7 Å². The van der Waals surface area contributed by atoms with Gasteiger partial charge in [-0.15, -0.1) is 0 Å². The van der Waals surface area contributed by atoms with Crippen molar-refractivity contribution in [1.29, 1.82) is 0 Å². The summed E-state index contributed by atoms with van der Waals surface area (Å²) in [7, 11) is 0. The monoisotopic (exact) mass is 501 g/mol. The molecule has 5 rings (SSSR count). The van der Waals surface area contributed by atoms with E-state index in [0.717, 1.165) is 17.7 Å². The maximum Gasteiger partial charge on any atom is 0.296 e. The zero-order valence-corrected chi connectivity index (χ0v) is 21.3. The Hall–Kier alpha value is -4.00. The fraction of sp³-hybridized carbons (Fsp3) is 0.333. The highest BCUT2D eigenvalue weighted by atomic mass is 16.5. The van der Waals surface area contributed by atoms with Gasteiger partial charge in [0.1, 0.15) is 29.1 Å². The first-order chi connectivity index (χ1) is 17.8. The maximum absolute atomic E-state index is 13.4. The summed E-state index contributed by atoms with van der Waals surface area (Å²) in [5.74, 6) is 0.830. The second-order valence-corrected chi connectivity index (χ2v) is 10.1. The number of hydrogen-bond acceptors (Lipinski definition) is 6. The number of carbonyl (C=O) groups is 2. The van der Waals surface area contributed by atoms with Crippen LogP contribution in [0.3, 0.4) is 0 Å². The number of benzene rings is 2. The van der Waals surface area contributed by atoms with Gasteiger partial charge in [0.05, 0.1) is 31.0 Å². The van der Waals surface area contributed by atoms with Gasteiger partial charge in [-0.2, -0.15) is 0 Å². The lowest BCUT2D eigenvalue weighted by Gasteiger charge is -2.25. The highest BCUT2D eigenvalue weighted by molar-refractivity contribution is 6.46. The molecule has 2 aromatic carbocycles. The van der Waals surface area contributed by atoms with Gasteiger partial charge in [-0.05, 0) is 72.9 Å². The molecule has 0 radical (unpaired) electrons. The second kappa shape index (κ2) is 10.2. The number of likely N-dealkylation sites (tertiary alicyclic amines) is 1. The van der Waals surface area contributed by atoms with Crippen molar-refractivity contribution in [3.8, 4) is 11.5 Å². The zero-order valence-electron chi connectivity index (χ0n) is 21.3. The van der Waals surface area contributed by atoms with Gasteiger partial charge < -0.3 is 23.9 Å². The Morgan fingerprint density at radius 2 is 1.97 bits per heavy atom. The number of carbonyl (C=O) groups excluding carboxylic acids is 2. The number of furan rings is 1. The molecule has 192 valence electrons. The van der Waals surface area contributed by atoms with Gasteiger partial charge in [-0.25, -0.2) is 0 Å². The van der Waals surface area contributed by atoms with Crippen LogP contribution in [0.5, 0.6) is 11.5 Å². The number of amides is 1. The lowest BCUT2D eigenvalue weighted by atomic mass is 9.94. The first-order valence-electron chi connectivity index (χ1n) is 12.7. The minimum atomic E-state index is -0.804. The van der Waals surface area contributed by atoms with E-state index in [1.165, 1.54) is 11.2 Å². The van der Waals surface area contributed by atoms with E-state index in [2.05, 4.69) is 13.8 Å². The van der Waals surface area contributed by atoms with Crippen molar-refractivity contribution in [1.82, 2.24) is 4.90 Å². The number of aliphatic hydroxyl groups is 1. The molecule has 7 heteroatoms. The van der Waals surface area contributed by atoms with Crippen LogP contribution in [0.4, 0.5) is 0 Å². The van der Waals surface area contributed by atoms with Gasteiger partial charge in [-0.1, -0.05) is 26.0 Å². The molecule has 1 aromatic heterocycles. The molecule has 3 heterocycles. The van der Waals surface area contributed by atoms with Gasteiger partial charge in [0.25, 0.3) is 11.7 Å². The van der Waals surface area contributed by atoms with Crippen LogP contribution in [0.2, 0.25) is 0 Å². The van der Waals surface area contributed by atoms with Crippen molar-refractivity contribution in [2.24, 2.45) is 5.92 Å². The third-order valence-corrected chi connectivity index (χ3v) is 6.75. The van der Waals surface area contributed by atoms with Crippen LogP contribution < -0.4 is 9.47 Å². The zero-order chi connectivity index (χ0) is 26.1. The van der Waals surface area contributed by atoms with Crippen LogP contribution in [0, 0.1) is 5.92 Å². The van der Waals surface area contributed by atoms with E-state index in [9.17, 15) is 14.7 Å². The fourth-order valence-electron chi connectivity index (χ4n) is 4.87. The van der Waals surface area contributed by atoms with Crippen molar-refractivity contribution in [2.45, 2.75) is 52.3 Å². The molecule has 0 unspecified atom stereocenters. The molecule has 2 atom stereocenters. The molecular weight excluding hydrogens is 470 g/mol. The van der Waals surface area contributed by atoms with Crippen molar-refractivity contribution in [3.05, 3.63) is 88.9 Å². The van der Waals surface area contributed by atoms with E-state index in [4.69, 9.17) is 13.9 Å². The number of rotatable bonds is 8. The SMILES string of the molecule is CC(C)CCOc1cccc([C@@H]2C(=C(O)c3ccc4c(c3)C[C@@H](C)O4)C(=O)C(=O)N2Cc2ccco2)c1. The average molecular weight is 502 g/mol. The summed E-state index contributed by atoms with van der Waals surface area (Å²) in [6.45, 7) is 6.90. The van der Waals surface area contributed by atoms with Gasteiger partial charge in [0, 0.05) is 12.0 Å². The molecule has 7 nitrogen and oxygen atoms in total. The van der Waals surface area contributed by atoms with Crippen LogP contribution in [0.15, 0.2) is 70.9 Å². The first kappa shape index (κ1) is 24.7. The second-order valence-electron chi connectivity index (χ2n) is 10.1. The van der Waals surface area contributed by atoms with Gasteiger partial charge >= 0.3 is 0 Å². The maximum atomic E-state index is 13.4. The molecule has 1 fully saturated rings. The molecule has 2 aliphatic heterocycles. The number of ether oxygens (including phenoxy) is 2. The van der Waals surface area contributed by atoms with Crippen LogP contribution in [0.25, 0.3) is 5.76 Å². The number of hydrogen-bond donors (Lipinski definition) is 1. The molecule has 3 aromatic rings. The van der Waals surface area contributed by atoms with Crippen LogP contribution >= 0.6 is 0 Å². The van der Waals surface area contributed by atoms with Crippen LogP contribution in [-0.2, 0) is 22.6 Å². The highest BCUT2D eigenvalue weighted by Gasteiger charge is 2.46.